The lowest BCUT2D eigenvalue weighted by atomic mass is 9.89. The summed E-state index contributed by atoms with van der Waals surface area (Å²) in [5, 5.41) is 3.44. The van der Waals surface area contributed by atoms with Gasteiger partial charge in [-0.3, -0.25) is 19.5 Å². The number of amides is 2. The van der Waals surface area contributed by atoms with Gasteiger partial charge in [0.2, 0.25) is 5.91 Å². The van der Waals surface area contributed by atoms with Crippen LogP contribution in [0.15, 0.2) is 9.95 Å². The van der Waals surface area contributed by atoms with Gasteiger partial charge >= 0.3 is 6.09 Å². The van der Waals surface area contributed by atoms with Gasteiger partial charge in [-0.15, -0.1) is 11.3 Å². The Labute approximate surface area is 178 Å². The van der Waals surface area contributed by atoms with Crippen molar-refractivity contribution < 1.29 is 14.3 Å². The van der Waals surface area contributed by atoms with Gasteiger partial charge in [-0.05, 0) is 43.6 Å². The fourth-order valence-electron chi connectivity index (χ4n) is 3.49. The molecule has 0 saturated heterocycles. The topological polar surface area (TPSA) is 90.3 Å². The molecule has 158 valence electrons. The number of thioether (sulfide) groups is 1. The minimum absolute atomic E-state index is 0.0169. The number of rotatable bonds is 6. The number of nitrogens with one attached hydrogen (secondary N) is 1. The quantitative estimate of drug-likeness (QED) is 0.548. The van der Waals surface area contributed by atoms with Crippen molar-refractivity contribution in [2.45, 2.75) is 58.7 Å². The first kappa shape index (κ1) is 21.8. The Morgan fingerprint density at radius 2 is 2.17 bits per heavy atom. The molecule has 1 atom stereocenters. The first-order chi connectivity index (χ1) is 13.8. The molecule has 1 aliphatic rings. The number of hydrogen-bond donors (Lipinski definition) is 1. The van der Waals surface area contributed by atoms with E-state index < -0.39 is 12.0 Å². The molecule has 0 bridgehead atoms. The van der Waals surface area contributed by atoms with Crippen LogP contribution in [0.25, 0.3) is 10.2 Å². The summed E-state index contributed by atoms with van der Waals surface area (Å²) in [4.78, 5) is 43.6. The number of fused-ring (bicyclic) bond motifs is 3. The maximum absolute atomic E-state index is 13.3. The number of aryl methyl sites for hydroxylation is 1. The van der Waals surface area contributed by atoms with Crippen LogP contribution in [-0.4, -0.2) is 33.9 Å². The number of carbonyl (C=O) groups excluding carboxylic acids is 2. The van der Waals surface area contributed by atoms with E-state index in [4.69, 9.17) is 9.72 Å². The highest BCUT2D eigenvalue weighted by molar-refractivity contribution is 7.99. The molecule has 1 aliphatic carbocycles. The van der Waals surface area contributed by atoms with Crippen LogP contribution in [0.2, 0.25) is 0 Å². The van der Waals surface area contributed by atoms with Crippen molar-refractivity contribution in [1.29, 1.82) is 0 Å². The van der Waals surface area contributed by atoms with E-state index in [2.05, 4.69) is 12.2 Å². The third-order valence-electron chi connectivity index (χ3n) is 4.78. The second kappa shape index (κ2) is 9.30. The Balaban J connectivity index is 1.92. The van der Waals surface area contributed by atoms with Gasteiger partial charge in [0.05, 0.1) is 17.7 Å². The van der Waals surface area contributed by atoms with Crippen molar-refractivity contribution >= 4 is 45.3 Å². The summed E-state index contributed by atoms with van der Waals surface area (Å²) in [7, 11) is 0. The minimum Gasteiger partial charge on any atom is -0.450 e. The highest BCUT2D eigenvalue weighted by Gasteiger charge is 2.25. The van der Waals surface area contributed by atoms with Crippen molar-refractivity contribution in [3.8, 4) is 0 Å². The average Bonchev–Trinajstić information content (AvgIpc) is 2.99. The normalized spacial score (nSPS) is 16.1. The molecule has 9 heteroatoms. The monoisotopic (exact) mass is 437 g/mol. The van der Waals surface area contributed by atoms with E-state index in [1.807, 2.05) is 13.8 Å². The maximum Gasteiger partial charge on any atom is 0.413 e. The molecule has 0 aliphatic heterocycles. The molecule has 1 unspecified atom stereocenters. The van der Waals surface area contributed by atoms with Crippen LogP contribution in [0.3, 0.4) is 0 Å². The summed E-state index contributed by atoms with van der Waals surface area (Å²) in [6, 6.07) is 0. The number of thiophene rings is 1. The maximum atomic E-state index is 13.3. The van der Waals surface area contributed by atoms with Crippen LogP contribution in [-0.2, 0) is 28.9 Å². The predicted molar refractivity (Wildman–Crippen MR) is 116 cm³/mol. The van der Waals surface area contributed by atoms with Crippen LogP contribution < -0.4 is 10.9 Å². The minimum atomic E-state index is -0.763. The van der Waals surface area contributed by atoms with Crippen LogP contribution >= 0.6 is 23.1 Å². The van der Waals surface area contributed by atoms with Crippen LogP contribution in [0.5, 0.6) is 0 Å². The third-order valence-corrected chi connectivity index (χ3v) is 6.90. The molecule has 2 amide bonds. The zero-order chi connectivity index (χ0) is 21.1. The van der Waals surface area contributed by atoms with Crippen molar-refractivity contribution in [2.75, 3.05) is 12.4 Å². The van der Waals surface area contributed by atoms with Gasteiger partial charge in [0.15, 0.2) is 5.16 Å². The Bertz CT molecular complexity index is 980. The van der Waals surface area contributed by atoms with Gasteiger partial charge in [-0.1, -0.05) is 32.5 Å². The molecule has 7 nitrogen and oxygen atoms in total. The van der Waals surface area contributed by atoms with Crippen LogP contribution in [0.1, 0.15) is 44.6 Å². The Kier molecular flexibility index (Phi) is 7.00. The van der Waals surface area contributed by atoms with Gasteiger partial charge in [0.1, 0.15) is 4.83 Å². The molecule has 0 spiro atoms. The first-order valence-electron chi connectivity index (χ1n) is 9.94. The summed E-state index contributed by atoms with van der Waals surface area (Å²) in [6.07, 6.45) is 2.24. The second-order valence-corrected chi connectivity index (χ2v) is 9.82. The number of nitrogens with zero attached hydrogens (tertiary/aromatic N) is 2. The lowest BCUT2D eigenvalue weighted by Crippen LogP contribution is -2.33. The SMILES string of the molecule is CCOC(=O)NC(=O)CSc1nc2sc3c(c2c(=O)n1CC(C)C)CCC(C)C3. The zero-order valence-corrected chi connectivity index (χ0v) is 18.9. The van der Waals surface area contributed by atoms with Gasteiger partial charge in [0, 0.05) is 11.4 Å². The number of imide groups is 1. The van der Waals surface area contributed by atoms with Crippen molar-refractivity contribution in [3.05, 3.63) is 20.8 Å². The summed E-state index contributed by atoms with van der Waals surface area (Å²) in [5.41, 5.74) is 1.14. The summed E-state index contributed by atoms with van der Waals surface area (Å²) in [5.74, 6) is 0.387. The zero-order valence-electron chi connectivity index (χ0n) is 17.2. The third kappa shape index (κ3) is 5.01. The Morgan fingerprint density at radius 1 is 1.41 bits per heavy atom. The van der Waals surface area contributed by atoms with Gasteiger partial charge < -0.3 is 4.74 Å². The number of aromatic nitrogens is 2. The van der Waals surface area contributed by atoms with Crippen molar-refractivity contribution in [1.82, 2.24) is 14.9 Å². The van der Waals surface area contributed by atoms with E-state index in [9.17, 15) is 14.4 Å². The molecular formula is C20H27N3O4S2. The van der Waals surface area contributed by atoms with Gasteiger partial charge in [-0.25, -0.2) is 9.78 Å². The van der Waals surface area contributed by atoms with E-state index in [-0.39, 0.29) is 23.8 Å². The predicted octanol–water partition coefficient (Wildman–Crippen LogP) is 3.60. The number of alkyl carbamates (subject to hydrolysis) is 1. The molecule has 0 aromatic carbocycles. The average molecular weight is 438 g/mol. The van der Waals surface area contributed by atoms with E-state index in [0.717, 1.165) is 35.0 Å². The number of hydrogen-bond acceptors (Lipinski definition) is 7. The molecule has 1 N–H and O–H groups in total. The summed E-state index contributed by atoms with van der Waals surface area (Å²) < 4.78 is 6.40. The largest absolute Gasteiger partial charge is 0.450 e. The molecule has 0 saturated carbocycles. The van der Waals surface area contributed by atoms with Crippen molar-refractivity contribution in [3.63, 3.8) is 0 Å². The molecule has 2 aromatic heterocycles. The highest BCUT2D eigenvalue weighted by atomic mass is 32.2. The van der Waals surface area contributed by atoms with Gasteiger partial charge in [-0.2, -0.15) is 0 Å². The second-order valence-electron chi connectivity index (χ2n) is 7.79. The molecule has 0 fully saturated rings. The van der Waals surface area contributed by atoms with Crippen LogP contribution in [0, 0.1) is 11.8 Å². The smallest absolute Gasteiger partial charge is 0.413 e. The van der Waals surface area contributed by atoms with Crippen molar-refractivity contribution in [2.24, 2.45) is 11.8 Å². The standard InChI is InChI=1S/C20H27N3O4S2/c1-5-27-20(26)21-15(24)10-28-19-22-17-16(18(25)23(19)9-11(2)3)13-7-6-12(4)8-14(13)29-17/h11-12H,5-10H2,1-4H3,(H,21,24,26). The Hall–Kier alpha value is -1.87. The lowest BCUT2D eigenvalue weighted by Gasteiger charge is -2.18. The fraction of sp³-hybridized carbons (Fsp3) is 0.600. The fourth-order valence-corrected chi connectivity index (χ4v) is 5.72. The molecule has 3 rings (SSSR count). The molecule has 29 heavy (non-hydrogen) atoms. The van der Waals surface area contributed by atoms with E-state index in [0.29, 0.717) is 17.6 Å². The number of ether oxygens (including phenoxy) is 1. The Morgan fingerprint density at radius 3 is 2.86 bits per heavy atom. The number of carbonyl (C=O) groups is 2. The lowest BCUT2D eigenvalue weighted by molar-refractivity contribution is -0.117. The van der Waals surface area contributed by atoms with E-state index in [1.165, 1.54) is 16.6 Å². The summed E-state index contributed by atoms with van der Waals surface area (Å²) >= 11 is 2.77. The molecular weight excluding hydrogens is 410 g/mol. The van der Waals surface area contributed by atoms with E-state index in [1.54, 1.807) is 22.8 Å². The highest BCUT2D eigenvalue weighted by Crippen LogP contribution is 2.36. The van der Waals surface area contributed by atoms with Gasteiger partial charge in [0.25, 0.3) is 5.56 Å². The van der Waals surface area contributed by atoms with E-state index >= 15 is 0 Å². The van der Waals surface area contributed by atoms with Crippen LogP contribution in [0.4, 0.5) is 4.79 Å². The molecule has 2 heterocycles. The first-order valence-corrected chi connectivity index (χ1v) is 11.7. The molecule has 2 aromatic rings. The molecule has 0 radical (unpaired) electrons. The summed E-state index contributed by atoms with van der Waals surface area (Å²) in [6.45, 7) is 8.72.